The molecule has 0 aromatic carbocycles. The summed E-state index contributed by atoms with van der Waals surface area (Å²) in [5.74, 6) is -0.218. The number of ether oxygens (including phenoxy) is 1. The van der Waals surface area contributed by atoms with Gasteiger partial charge in [-0.1, -0.05) is 25.4 Å². The van der Waals surface area contributed by atoms with Gasteiger partial charge in [0.25, 0.3) is 5.91 Å². The van der Waals surface area contributed by atoms with Crippen molar-refractivity contribution in [3.8, 4) is 5.88 Å². The summed E-state index contributed by atoms with van der Waals surface area (Å²) in [6.07, 6.45) is 4.25. The van der Waals surface area contributed by atoms with E-state index in [-0.39, 0.29) is 18.4 Å². The average Bonchev–Trinajstić information content (AvgIpc) is 3.27. The zero-order valence-electron chi connectivity index (χ0n) is 14.5. The summed E-state index contributed by atoms with van der Waals surface area (Å²) in [7, 11) is 0. The Kier molecular flexibility index (Phi) is 4.91. The number of halogens is 1. The Morgan fingerprint density at radius 3 is 2.72 bits per heavy atom. The van der Waals surface area contributed by atoms with Gasteiger partial charge in [-0.05, 0) is 37.2 Å². The predicted molar refractivity (Wildman–Crippen MR) is 92.9 cm³/mol. The van der Waals surface area contributed by atoms with Crippen LogP contribution in [0.3, 0.4) is 0 Å². The minimum Gasteiger partial charge on any atom is -0.481 e. The molecule has 1 aromatic heterocycles. The van der Waals surface area contributed by atoms with E-state index >= 15 is 0 Å². The quantitative estimate of drug-likeness (QED) is 0.836. The smallest absolute Gasteiger partial charge is 0.311 e. The van der Waals surface area contributed by atoms with Crippen molar-refractivity contribution < 1.29 is 19.4 Å². The fourth-order valence-corrected chi connectivity index (χ4v) is 3.43. The summed E-state index contributed by atoms with van der Waals surface area (Å²) >= 11 is 6.19. The fourth-order valence-electron chi connectivity index (χ4n) is 3.21. The highest BCUT2D eigenvalue weighted by atomic mass is 35.5. The first-order valence-electron chi connectivity index (χ1n) is 8.64. The molecular weight excluding hydrogens is 344 g/mol. The van der Waals surface area contributed by atoms with Crippen LogP contribution >= 0.6 is 11.6 Å². The van der Waals surface area contributed by atoms with E-state index in [2.05, 4.69) is 4.98 Å². The van der Waals surface area contributed by atoms with Crippen LogP contribution < -0.4 is 4.74 Å². The molecule has 0 bridgehead atoms. The monoisotopic (exact) mass is 366 g/mol. The lowest BCUT2D eigenvalue weighted by Gasteiger charge is -2.28. The zero-order chi connectivity index (χ0) is 18.2. The number of hydrogen-bond acceptors (Lipinski definition) is 4. The third kappa shape index (κ3) is 3.59. The molecule has 2 heterocycles. The van der Waals surface area contributed by atoms with E-state index in [1.165, 1.54) is 19.0 Å². The van der Waals surface area contributed by atoms with Crippen molar-refractivity contribution in [2.24, 2.45) is 17.3 Å². The summed E-state index contributed by atoms with van der Waals surface area (Å²) in [6, 6.07) is 1.55. The number of amides is 1. The minimum atomic E-state index is -0.889. The first-order valence-corrected chi connectivity index (χ1v) is 9.02. The summed E-state index contributed by atoms with van der Waals surface area (Å²) < 4.78 is 5.57. The number of aromatic nitrogens is 1. The normalized spacial score (nSPS) is 23.1. The molecule has 1 N–H and O–H groups in total. The Hall–Kier alpha value is -1.82. The van der Waals surface area contributed by atoms with Crippen LogP contribution in [-0.2, 0) is 4.79 Å². The fraction of sp³-hybridized carbons (Fsp3) is 0.611. The molecule has 2 fully saturated rings. The third-order valence-electron chi connectivity index (χ3n) is 5.33. The summed E-state index contributed by atoms with van der Waals surface area (Å²) in [4.78, 5) is 30.2. The second-order valence-electron chi connectivity index (χ2n) is 7.36. The minimum absolute atomic E-state index is 0.0530. The van der Waals surface area contributed by atoms with Gasteiger partial charge in [0.2, 0.25) is 5.88 Å². The number of carboxylic acids is 1. The van der Waals surface area contributed by atoms with Crippen molar-refractivity contribution in [1.82, 2.24) is 9.88 Å². The van der Waals surface area contributed by atoms with Crippen molar-refractivity contribution in [2.75, 3.05) is 19.7 Å². The van der Waals surface area contributed by atoms with Gasteiger partial charge in [-0.15, -0.1) is 0 Å². The standard InChI is InChI=1S/C18H23ClN2O4/c1-11(2)18(17(23)24)5-6-21(10-18)16(22)13-7-14(19)15(20-8-13)25-9-12-3-4-12/h7-8,11-12H,3-6,9-10H2,1-2H3,(H,23,24). The maximum absolute atomic E-state index is 12.7. The summed E-state index contributed by atoms with van der Waals surface area (Å²) in [5, 5.41) is 9.91. The van der Waals surface area contributed by atoms with Crippen molar-refractivity contribution >= 4 is 23.5 Å². The van der Waals surface area contributed by atoms with Gasteiger partial charge >= 0.3 is 5.97 Å². The van der Waals surface area contributed by atoms with E-state index < -0.39 is 11.4 Å². The van der Waals surface area contributed by atoms with E-state index in [4.69, 9.17) is 16.3 Å². The number of aliphatic carboxylic acids is 1. The topological polar surface area (TPSA) is 79.7 Å². The molecule has 0 spiro atoms. The highest BCUT2D eigenvalue weighted by Crippen LogP contribution is 2.39. The molecule has 1 unspecified atom stereocenters. The lowest BCUT2D eigenvalue weighted by Crippen LogP contribution is -2.40. The van der Waals surface area contributed by atoms with Gasteiger partial charge in [0, 0.05) is 19.3 Å². The van der Waals surface area contributed by atoms with E-state index in [0.29, 0.717) is 42.0 Å². The molecule has 6 nitrogen and oxygen atoms in total. The molecule has 25 heavy (non-hydrogen) atoms. The Balaban J connectivity index is 1.70. The lowest BCUT2D eigenvalue weighted by molar-refractivity contribution is -0.150. The Bertz CT molecular complexity index is 690. The van der Waals surface area contributed by atoms with Crippen LogP contribution in [0.25, 0.3) is 0 Å². The lowest BCUT2D eigenvalue weighted by atomic mass is 9.76. The molecule has 1 aromatic rings. The first-order chi connectivity index (χ1) is 11.8. The van der Waals surface area contributed by atoms with Gasteiger partial charge in [0.1, 0.15) is 5.02 Å². The molecule has 3 rings (SSSR count). The van der Waals surface area contributed by atoms with Crippen LogP contribution in [0.5, 0.6) is 5.88 Å². The van der Waals surface area contributed by atoms with Gasteiger partial charge in [0.05, 0.1) is 17.6 Å². The van der Waals surface area contributed by atoms with Crippen LogP contribution in [0.15, 0.2) is 12.3 Å². The second-order valence-corrected chi connectivity index (χ2v) is 7.77. The maximum atomic E-state index is 12.7. The number of carboxylic acid groups (broad SMARTS) is 1. The predicted octanol–water partition coefficient (Wildman–Crippen LogP) is 3.10. The Morgan fingerprint density at radius 2 is 2.20 bits per heavy atom. The highest BCUT2D eigenvalue weighted by Gasteiger charge is 2.48. The molecule has 1 saturated carbocycles. The molecule has 1 aliphatic heterocycles. The number of carbonyl (C=O) groups is 2. The Labute approximate surface area is 152 Å². The van der Waals surface area contributed by atoms with Gasteiger partial charge in [0.15, 0.2) is 0 Å². The largest absolute Gasteiger partial charge is 0.481 e. The van der Waals surface area contributed by atoms with Gasteiger partial charge in [-0.2, -0.15) is 0 Å². The number of nitrogens with zero attached hydrogens (tertiary/aromatic N) is 2. The van der Waals surface area contributed by atoms with E-state index in [0.717, 1.165) is 0 Å². The van der Waals surface area contributed by atoms with Gasteiger partial charge in [-0.25, -0.2) is 4.98 Å². The first kappa shape index (κ1) is 18.0. The van der Waals surface area contributed by atoms with E-state index in [1.54, 1.807) is 11.0 Å². The molecule has 2 aliphatic rings. The molecule has 1 atom stereocenters. The zero-order valence-corrected chi connectivity index (χ0v) is 15.3. The van der Waals surface area contributed by atoms with E-state index in [1.807, 2.05) is 13.8 Å². The average molecular weight is 367 g/mol. The van der Waals surface area contributed by atoms with Crippen molar-refractivity contribution in [3.63, 3.8) is 0 Å². The maximum Gasteiger partial charge on any atom is 0.311 e. The van der Waals surface area contributed by atoms with Crippen LogP contribution in [0.1, 0.15) is 43.5 Å². The summed E-state index contributed by atoms with van der Waals surface area (Å²) in [5.41, 5.74) is -0.533. The molecule has 136 valence electrons. The summed E-state index contributed by atoms with van der Waals surface area (Å²) in [6.45, 7) is 4.98. The number of carbonyl (C=O) groups excluding carboxylic acids is 1. The van der Waals surface area contributed by atoms with Crippen LogP contribution in [-0.4, -0.2) is 46.6 Å². The van der Waals surface area contributed by atoms with Gasteiger partial charge in [-0.3, -0.25) is 9.59 Å². The van der Waals surface area contributed by atoms with Gasteiger partial charge < -0.3 is 14.7 Å². The van der Waals surface area contributed by atoms with Crippen LogP contribution in [0.2, 0.25) is 5.02 Å². The third-order valence-corrected chi connectivity index (χ3v) is 5.60. The number of hydrogen-bond donors (Lipinski definition) is 1. The second kappa shape index (κ2) is 6.83. The SMILES string of the molecule is CC(C)C1(C(=O)O)CCN(C(=O)c2cnc(OCC3CC3)c(Cl)c2)C1. The van der Waals surface area contributed by atoms with Crippen molar-refractivity contribution in [3.05, 3.63) is 22.8 Å². The van der Waals surface area contributed by atoms with Crippen LogP contribution in [0.4, 0.5) is 0 Å². The van der Waals surface area contributed by atoms with E-state index in [9.17, 15) is 14.7 Å². The molecular formula is C18H23ClN2O4. The molecule has 1 saturated heterocycles. The van der Waals surface area contributed by atoms with Crippen molar-refractivity contribution in [2.45, 2.75) is 33.1 Å². The van der Waals surface area contributed by atoms with Crippen molar-refractivity contribution in [1.29, 1.82) is 0 Å². The molecule has 7 heteroatoms. The highest BCUT2D eigenvalue weighted by molar-refractivity contribution is 6.32. The molecule has 1 aliphatic carbocycles. The van der Waals surface area contributed by atoms with Crippen LogP contribution in [0, 0.1) is 17.3 Å². The number of rotatable bonds is 6. The molecule has 0 radical (unpaired) electrons. The Morgan fingerprint density at radius 1 is 1.48 bits per heavy atom. The number of likely N-dealkylation sites (tertiary alicyclic amines) is 1. The molecule has 1 amide bonds. The number of pyridine rings is 1.